The molecule has 1 aliphatic heterocycles. The van der Waals surface area contributed by atoms with Crippen LogP contribution in [0.5, 0.6) is 5.75 Å². The largest absolute Gasteiger partial charge is 0.508 e. The van der Waals surface area contributed by atoms with Crippen LogP contribution in [0.1, 0.15) is 35.2 Å². The summed E-state index contributed by atoms with van der Waals surface area (Å²) in [5.41, 5.74) is 2.26. The minimum atomic E-state index is -0.440. The number of ketones is 1. The van der Waals surface area contributed by atoms with Crippen molar-refractivity contribution in [1.82, 2.24) is 10.3 Å². The number of rotatable bonds is 2. The van der Waals surface area contributed by atoms with Crippen LogP contribution in [0, 0.1) is 0 Å². The summed E-state index contributed by atoms with van der Waals surface area (Å²) >= 11 is 1.66. The van der Waals surface area contributed by atoms with E-state index >= 15 is 0 Å². The number of benzene rings is 1. The maximum absolute atomic E-state index is 13.2. The molecule has 3 aromatic rings. The summed E-state index contributed by atoms with van der Waals surface area (Å²) < 4.78 is 4.86. The highest BCUT2D eigenvalue weighted by Crippen LogP contribution is 2.44. The van der Waals surface area contributed by atoms with Crippen LogP contribution in [0.4, 0.5) is 11.6 Å². The standard InChI is InChI=1S/C19H16N4O3S/c24-12-4-1-3-10(7-12)17-16-13(20-18-19(21-17)23-26-22-18)8-11(9-14(16)25)15-5-2-6-27-15/h1-7,11,17,24H,8-9H2,(H,20,22)(H,21,23)/t11-,17+/m0/s1. The van der Waals surface area contributed by atoms with Crippen molar-refractivity contribution in [1.29, 1.82) is 0 Å². The number of carbonyl (C=O) groups excluding carboxylic acids is 1. The predicted octanol–water partition coefficient (Wildman–Crippen LogP) is 3.82. The van der Waals surface area contributed by atoms with E-state index in [9.17, 15) is 9.90 Å². The average Bonchev–Trinajstić information content (AvgIpc) is 3.30. The van der Waals surface area contributed by atoms with Gasteiger partial charge in [0.1, 0.15) is 5.75 Å². The number of aromatic nitrogens is 2. The monoisotopic (exact) mass is 380 g/mol. The van der Waals surface area contributed by atoms with Gasteiger partial charge in [-0.3, -0.25) is 4.79 Å². The predicted molar refractivity (Wildman–Crippen MR) is 101 cm³/mol. The summed E-state index contributed by atoms with van der Waals surface area (Å²) in [6.45, 7) is 0. The number of aromatic hydroxyl groups is 1. The lowest BCUT2D eigenvalue weighted by Crippen LogP contribution is -2.26. The molecule has 0 spiro atoms. The van der Waals surface area contributed by atoms with Gasteiger partial charge in [-0.05, 0) is 45.9 Å². The Bertz CT molecular complexity index is 1040. The van der Waals surface area contributed by atoms with E-state index in [0.29, 0.717) is 30.1 Å². The first kappa shape index (κ1) is 16.1. The lowest BCUT2D eigenvalue weighted by molar-refractivity contribution is -0.116. The lowest BCUT2D eigenvalue weighted by Gasteiger charge is -2.29. The number of carbonyl (C=O) groups is 1. The highest BCUT2D eigenvalue weighted by atomic mass is 32.1. The summed E-state index contributed by atoms with van der Waals surface area (Å²) in [7, 11) is 0. The second-order valence-electron chi connectivity index (χ2n) is 6.69. The lowest BCUT2D eigenvalue weighted by atomic mass is 9.81. The number of anilines is 2. The molecule has 8 heteroatoms. The van der Waals surface area contributed by atoms with Crippen LogP contribution in [-0.2, 0) is 4.79 Å². The van der Waals surface area contributed by atoms with Gasteiger partial charge in [-0.1, -0.05) is 18.2 Å². The van der Waals surface area contributed by atoms with E-state index in [2.05, 4.69) is 27.0 Å². The van der Waals surface area contributed by atoms with Crippen molar-refractivity contribution in [2.45, 2.75) is 24.8 Å². The molecule has 136 valence electrons. The Morgan fingerprint density at radius 3 is 2.85 bits per heavy atom. The van der Waals surface area contributed by atoms with Crippen molar-refractivity contribution in [2.75, 3.05) is 10.6 Å². The Kier molecular flexibility index (Phi) is 3.71. The molecule has 2 aliphatic rings. The number of allylic oxidation sites excluding steroid dienone is 1. The summed E-state index contributed by atoms with van der Waals surface area (Å²) in [5.74, 6) is 1.26. The fourth-order valence-electron chi connectivity index (χ4n) is 3.78. The van der Waals surface area contributed by atoms with Crippen molar-refractivity contribution in [3.8, 4) is 5.75 Å². The molecule has 0 unspecified atom stereocenters. The van der Waals surface area contributed by atoms with Gasteiger partial charge in [0.2, 0.25) is 11.6 Å². The number of hydrogen-bond acceptors (Lipinski definition) is 8. The van der Waals surface area contributed by atoms with Crippen LogP contribution in [0.15, 0.2) is 57.7 Å². The Balaban J connectivity index is 1.62. The molecule has 0 fully saturated rings. The molecule has 0 bridgehead atoms. The first-order chi connectivity index (χ1) is 13.2. The number of thiophene rings is 1. The van der Waals surface area contributed by atoms with E-state index in [0.717, 1.165) is 11.3 Å². The average molecular weight is 380 g/mol. The molecular weight excluding hydrogens is 364 g/mol. The van der Waals surface area contributed by atoms with Crippen LogP contribution in [0.25, 0.3) is 0 Å². The van der Waals surface area contributed by atoms with E-state index in [1.165, 1.54) is 4.88 Å². The zero-order valence-corrected chi connectivity index (χ0v) is 15.0. The molecule has 27 heavy (non-hydrogen) atoms. The molecule has 0 saturated heterocycles. The van der Waals surface area contributed by atoms with Crippen LogP contribution >= 0.6 is 11.3 Å². The second-order valence-corrected chi connectivity index (χ2v) is 7.67. The van der Waals surface area contributed by atoms with Crippen LogP contribution in [-0.4, -0.2) is 21.2 Å². The topological polar surface area (TPSA) is 100 Å². The van der Waals surface area contributed by atoms with E-state index in [1.54, 1.807) is 29.5 Å². The van der Waals surface area contributed by atoms with Gasteiger partial charge in [-0.25, -0.2) is 4.63 Å². The maximum atomic E-state index is 13.2. The smallest absolute Gasteiger partial charge is 0.219 e. The normalized spacial score (nSPS) is 21.7. The van der Waals surface area contributed by atoms with Gasteiger partial charge in [0.25, 0.3) is 0 Å². The van der Waals surface area contributed by atoms with Gasteiger partial charge in [0.15, 0.2) is 5.78 Å². The molecular formula is C19H16N4O3S. The number of phenols is 1. The van der Waals surface area contributed by atoms with Crippen LogP contribution in [0.3, 0.4) is 0 Å². The van der Waals surface area contributed by atoms with E-state index < -0.39 is 6.04 Å². The number of Topliss-reactive ketones (excluding diaryl/α,β-unsaturated/α-hetero) is 1. The van der Waals surface area contributed by atoms with Crippen molar-refractivity contribution < 1.29 is 14.5 Å². The van der Waals surface area contributed by atoms with Crippen LogP contribution in [0.2, 0.25) is 0 Å². The molecule has 0 amide bonds. The third kappa shape index (κ3) is 2.78. The molecule has 0 saturated carbocycles. The third-order valence-corrected chi connectivity index (χ3v) is 6.02. The first-order valence-electron chi connectivity index (χ1n) is 8.63. The third-order valence-electron chi connectivity index (χ3n) is 4.98. The number of phenolic OH excluding ortho intramolecular Hbond substituents is 1. The van der Waals surface area contributed by atoms with Gasteiger partial charge in [0, 0.05) is 28.5 Å². The van der Waals surface area contributed by atoms with Crippen molar-refractivity contribution in [3.63, 3.8) is 0 Å². The molecule has 2 aromatic heterocycles. The quantitative estimate of drug-likeness (QED) is 0.621. The highest BCUT2D eigenvalue weighted by molar-refractivity contribution is 7.10. The van der Waals surface area contributed by atoms with Crippen molar-refractivity contribution in [3.05, 3.63) is 63.5 Å². The highest BCUT2D eigenvalue weighted by Gasteiger charge is 2.37. The molecule has 3 N–H and O–H groups in total. The van der Waals surface area contributed by atoms with Crippen molar-refractivity contribution in [2.24, 2.45) is 0 Å². The number of nitrogens with zero attached hydrogens (tertiary/aromatic N) is 2. The molecule has 7 nitrogen and oxygen atoms in total. The van der Waals surface area contributed by atoms with Gasteiger partial charge in [-0.2, -0.15) is 0 Å². The first-order valence-corrected chi connectivity index (χ1v) is 9.51. The number of nitrogens with one attached hydrogen (secondary N) is 2. The maximum Gasteiger partial charge on any atom is 0.219 e. The van der Waals surface area contributed by atoms with E-state index in [4.69, 9.17) is 4.63 Å². The fraction of sp³-hybridized carbons (Fsp3) is 0.211. The summed E-state index contributed by atoms with van der Waals surface area (Å²) in [6.07, 6.45) is 1.15. The van der Waals surface area contributed by atoms with Crippen LogP contribution < -0.4 is 10.6 Å². The Hall–Kier alpha value is -3.13. The minimum absolute atomic E-state index is 0.0742. The summed E-state index contributed by atoms with van der Waals surface area (Å²) in [6, 6.07) is 10.5. The van der Waals surface area contributed by atoms with Gasteiger partial charge < -0.3 is 15.7 Å². The SMILES string of the molecule is O=C1C[C@@H](c2cccs2)CC2=C1[C@@H](c1cccc(O)c1)Nc1nonc1N2. The second kappa shape index (κ2) is 6.24. The Morgan fingerprint density at radius 2 is 2.04 bits per heavy atom. The zero-order chi connectivity index (χ0) is 18.4. The molecule has 1 aliphatic carbocycles. The van der Waals surface area contributed by atoms with Crippen molar-refractivity contribution >= 4 is 28.8 Å². The van der Waals surface area contributed by atoms with E-state index in [1.807, 2.05) is 17.5 Å². The summed E-state index contributed by atoms with van der Waals surface area (Å²) in [4.78, 5) is 14.4. The fourth-order valence-corrected chi connectivity index (χ4v) is 4.61. The molecule has 3 heterocycles. The number of hydrogen-bond donors (Lipinski definition) is 3. The molecule has 0 radical (unpaired) electrons. The number of fused-ring (bicyclic) bond motifs is 1. The van der Waals surface area contributed by atoms with Gasteiger partial charge >= 0.3 is 0 Å². The summed E-state index contributed by atoms with van der Waals surface area (Å²) in [5, 5.41) is 26.3. The zero-order valence-electron chi connectivity index (χ0n) is 14.2. The Labute approximate surface area is 158 Å². The molecule has 5 rings (SSSR count). The molecule has 2 atom stereocenters. The van der Waals surface area contributed by atoms with Gasteiger partial charge in [0.05, 0.1) is 6.04 Å². The van der Waals surface area contributed by atoms with E-state index in [-0.39, 0.29) is 17.5 Å². The molecule has 1 aromatic carbocycles. The minimum Gasteiger partial charge on any atom is -0.508 e. The van der Waals surface area contributed by atoms with Gasteiger partial charge in [-0.15, -0.1) is 11.3 Å². The Morgan fingerprint density at radius 1 is 1.15 bits per heavy atom.